The average molecular weight is 329 g/mol. The first-order chi connectivity index (χ1) is 7.24. The molecular weight excluding hydrogens is 322 g/mol. The fraction of sp³-hybridized carbons (Fsp3) is 0.0909. The zero-order valence-electron chi connectivity index (χ0n) is 7.68. The first-order valence-corrected chi connectivity index (χ1v) is 5.84. The van der Waals surface area contributed by atoms with Crippen molar-refractivity contribution in [3.05, 3.63) is 27.3 Å². The van der Waals surface area contributed by atoms with Crippen molar-refractivity contribution in [1.29, 1.82) is 0 Å². The van der Waals surface area contributed by atoms with Crippen molar-refractivity contribution < 1.29 is 4.74 Å². The summed E-state index contributed by atoms with van der Waals surface area (Å²) < 4.78 is 7.23. The van der Waals surface area contributed by atoms with Gasteiger partial charge >= 0.3 is 0 Å². The van der Waals surface area contributed by atoms with E-state index in [1.54, 1.807) is 0 Å². The minimum atomic E-state index is 0.257. The fourth-order valence-corrected chi connectivity index (χ4v) is 2.84. The van der Waals surface area contributed by atoms with E-state index >= 15 is 0 Å². The molecule has 2 aromatic rings. The van der Waals surface area contributed by atoms with E-state index in [9.17, 15) is 0 Å². The lowest BCUT2D eigenvalue weighted by Gasteiger charge is -2.08. The molecule has 0 unspecified atom stereocenters. The van der Waals surface area contributed by atoms with Crippen molar-refractivity contribution in [2.75, 3.05) is 6.61 Å². The Labute approximate surface area is 104 Å². The first kappa shape index (κ1) is 10.6. The van der Waals surface area contributed by atoms with Crippen LogP contribution in [0, 0.1) is 12.3 Å². The van der Waals surface area contributed by atoms with E-state index in [0.717, 1.165) is 25.6 Å². The van der Waals surface area contributed by atoms with Crippen LogP contribution >= 0.6 is 31.9 Å². The Bertz CT molecular complexity index is 539. The number of hydrogen-bond donors (Lipinski definition) is 1. The third-order valence-corrected chi connectivity index (χ3v) is 3.38. The third-order valence-electron chi connectivity index (χ3n) is 2.00. The van der Waals surface area contributed by atoms with Crippen LogP contribution in [0.3, 0.4) is 0 Å². The van der Waals surface area contributed by atoms with Crippen LogP contribution in [0.5, 0.6) is 5.75 Å². The minimum absolute atomic E-state index is 0.257. The number of aromatic amines is 1. The van der Waals surface area contributed by atoms with Gasteiger partial charge in [-0.15, -0.1) is 6.42 Å². The smallest absolute Gasteiger partial charge is 0.149 e. The van der Waals surface area contributed by atoms with Crippen LogP contribution in [0.15, 0.2) is 27.3 Å². The van der Waals surface area contributed by atoms with E-state index in [2.05, 4.69) is 42.8 Å². The molecule has 0 saturated carbocycles. The lowest BCUT2D eigenvalue weighted by molar-refractivity contribution is 0.366. The van der Waals surface area contributed by atoms with Gasteiger partial charge in [0, 0.05) is 17.1 Å². The molecule has 0 bridgehead atoms. The van der Waals surface area contributed by atoms with Crippen LogP contribution in [0.4, 0.5) is 0 Å². The molecule has 0 fully saturated rings. The number of benzene rings is 1. The third kappa shape index (κ3) is 1.90. The molecule has 2 nitrogen and oxygen atoms in total. The second kappa shape index (κ2) is 4.30. The normalized spacial score (nSPS) is 10.2. The molecule has 1 aromatic carbocycles. The highest BCUT2D eigenvalue weighted by atomic mass is 79.9. The van der Waals surface area contributed by atoms with Crippen molar-refractivity contribution in [1.82, 2.24) is 4.98 Å². The topological polar surface area (TPSA) is 25.0 Å². The Morgan fingerprint density at radius 2 is 2.27 bits per heavy atom. The summed E-state index contributed by atoms with van der Waals surface area (Å²) >= 11 is 6.94. The molecule has 1 N–H and O–H groups in total. The Kier molecular flexibility index (Phi) is 3.03. The summed E-state index contributed by atoms with van der Waals surface area (Å²) in [5.41, 5.74) is 1.04. The molecule has 0 aliphatic rings. The Hall–Kier alpha value is -0.920. The first-order valence-electron chi connectivity index (χ1n) is 4.25. The summed E-state index contributed by atoms with van der Waals surface area (Å²) in [4.78, 5) is 3.13. The quantitative estimate of drug-likeness (QED) is 0.835. The molecule has 1 aromatic heterocycles. The number of aromatic nitrogens is 1. The number of H-pyrrole nitrogens is 1. The number of fused-ring (bicyclic) bond motifs is 1. The Morgan fingerprint density at radius 3 is 3.00 bits per heavy atom. The second-order valence-electron chi connectivity index (χ2n) is 2.93. The number of terminal acetylenes is 1. The number of hydrogen-bond acceptors (Lipinski definition) is 1. The molecule has 0 radical (unpaired) electrons. The summed E-state index contributed by atoms with van der Waals surface area (Å²) in [6, 6.07) is 3.94. The van der Waals surface area contributed by atoms with E-state index in [-0.39, 0.29) is 6.61 Å². The summed E-state index contributed by atoms with van der Waals surface area (Å²) in [6.45, 7) is 0.257. The van der Waals surface area contributed by atoms with E-state index < -0.39 is 0 Å². The standard InChI is InChI=1S/C11H7Br2NO/c1-2-5-15-11-8(12)6-9-7(10(11)13)3-4-14-9/h1,3-4,6,14H,5H2. The van der Waals surface area contributed by atoms with E-state index in [0.29, 0.717) is 0 Å². The number of ether oxygens (including phenoxy) is 1. The highest BCUT2D eigenvalue weighted by molar-refractivity contribution is 9.11. The summed E-state index contributed by atoms with van der Waals surface area (Å²) in [7, 11) is 0. The minimum Gasteiger partial charge on any atom is -0.479 e. The maximum absolute atomic E-state index is 5.45. The van der Waals surface area contributed by atoms with E-state index in [4.69, 9.17) is 11.2 Å². The molecule has 0 spiro atoms. The van der Waals surface area contributed by atoms with Gasteiger partial charge in [0.05, 0.1) is 8.95 Å². The van der Waals surface area contributed by atoms with Crippen molar-refractivity contribution in [3.8, 4) is 18.1 Å². The molecule has 0 aliphatic carbocycles. The zero-order valence-corrected chi connectivity index (χ0v) is 10.9. The predicted molar refractivity (Wildman–Crippen MR) is 68.0 cm³/mol. The van der Waals surface area contributed by atoms with Crippen LogP contribution in [-0.4, -0.2) is 11.6 Å². The monoisotopic (exact) mass is 327 g/mol. The van der Waals surface area contributed by atoms with Gasteiger partial charge in [0.15, 0.2) is 0 Å². The molecule has 4 heteroatoms. The van der Waals surface area contributed by atoms with Gasteiger partial charge in [-0.25, -0.2) is 0 Å². The van der Waals surface area contributed by atoms with E-state index in [1.807, 2.05) is 18.3 Å². The molecule has 2 rings (SSSR count). The molecule has 0 aliphatic heterocycles. The van der Waals surface area contributed by atoms with Gasteiger partial charge in [0.2, 0.25) is 0 Å². The fourth-order valence-electron chi connectivity index (χ4n) is 1.36. The Balaban J connectivity index is 2.57. The predicted octanol–water partition coefficient (Wildman–Crippen LogP) is 3.70. The molecule has 76 valence electrons. The van der Waals surface area contributed by atoms with Crippen LogP contribution in [0.2, 0.25) is 0 Å². The number of halogens is 2. The summed E-state index contributed by atoms with van der Waals surface area (Å²) in [6.07, 6.45) is 7.04. The van der Waals surface area contributed by atoms with Crippen molar-refractivity contribution in [2.45, 2.75) is 0 Å². The summed E-state index contributed by atoms with van der Waals surface area (Å²) in [5, 5.41) is 1.07. The molecular formula is C11H7Br2NO. The van der Waals surface area contributed by atoms with Gasteiger partial charge in [-0.2, -0.15) is 0 Å². The molecule has 0 atom stereocenters. The second-order valence-corrected chi connectivity index (χ2v) is 4.58. The van der Waals surface area contributed by atoms with Gasteiger partial charge in [-0.05, 0) is 44.0 Å². The lowest BCUT2D eigenvalue weighted by atomic mass is 10.2. The molecule has 0 amide bonds. The molecule has 15 heavy (non-hydrogen) atoms. The Morgan fingerprint density at radius 1 is 1.47 bits per heavy atom. The SMILES string of the molecule is C#CCOc1c(Br)cc2[nH]ccc2c1Br. The van der Waals surface area contributed by atoms with Crippen molar-refractivity contribution in [3.63, 3.8) is 0 Å². The summed E-state index contributed by atoms with van der Waals surface area (Å²) in [5.74, 6) is 3.18. The molecule has 1 heterocycles. The zero-order chi connectivity index (χ0) is 10.8. The highest BCUT2D eigenvalue weighted by Gasteiger charge is 2.11. The van der Waals surface area contributed by atoms with Gasteiger partial charge in [-0.3, -0.25) is 0 Å². The maximum atomic E-state index is 5.45. The van der Waals surface area contributed by atoms with Crippen LogP contribution in [-0.2, 0) is 0 Å². The van der Waals surface area contributed by atoms with Gasteiger partial charge in [0.1, 0.15) is 12.4 Å². The van der Waals surface area contributed by atoms with Crippen LogP contribution in [0.25, 0.3) is 10.9 Å². The lowest BCUT2D eigenvalue weighted by Crippen LogP contribution is -1.95. The number of nitrogens with one attached hydrogen (secondary N) is 1. The average Bonchev–Trinajstić information content (AvgIpc) is 2.65. The maximum Gasteiger partial charge on any atom is 0.149 e. The number of rotatable bonds is 2. The van der Waals surface area contributed by atoms with Crippen LogP contribution < -0.4 is 4.74 Å². The van der Waals surface area contributed by atoms with Crippen molar-refractivity contribution >= 4 is 42.8 Å². The van der Waals surface area contributed by atoms with Gasteiger partial charge in [-0.1, -0.05) is 5.92 Å². The van der Waals surface area contributed by atoms with Crippen LogP contribution in [0.1, 0.15) is 0 Å². The van der Waals surface area contributed by atoms with Crippen molar-refractivity contribution in [2.24, 2.45) is 0 Å². The largest absolute Gasteiger partial charge is 0.479 e. The van der Waals surface area contributed by atoms with Gasteiger partial charge < -0.3 is 9.72 Å². The highest BCUT2D eigenvalue weighted by Crippen LogP contribution is 2.39. The van der Waals surface area contributed by atoms with Gasteiger partial charge in [0.25, 0.3) is 0 Å². The van der Waals surface area contributed by atoms with E-state index in [1.165, 1.54) is 0 Å². The molecule has 0 saturated heterocycles.